The summed E-state index contributed by atoms with van der Waals surface area (Å²) in [6.07, 6.45) is 17.4. The van der Waals surface area contributed by atoms with Gasteiger partial charge in [0.25, 0.3) is 0 Å². The van der Waals surface area contributed by atoms with E-state index in [1.165, 1.54) is 57.8 Å². The fourth-order valence-electron chi connectivity index (χ4n) is 3.48. The number of unbranched alkanes of at least 4 members (excludes halogenated alkanes) is 9. The molecule has 0 saturated carbocycles. The number of esters is 1. The van der Waals surface area contributed by atoms with Gasteiger partial charge in [-0.25, -0.2) is 0 Å². The summed E-state index contributed by atoms with van der Waals surface area (Å²) in [5.74, 6) is -0.195. The van der Waals surface area contributed by atoms with Crippen LogP contribution in [0.25, 0.3) is 0 Å². The van der Waals surface area contributed by atoms with Gasteiger partial charge in [0.1, 0.15) is 6.10 Å². The molecule has 1 N–H and O–H groups in total. The largest absolute Gasteiger partial charge is 0.481 e. The van der Waals surface area contributed by atoms with Crippen LogP contribution in [0.1, 0.15) is 130 Å². The summed E-state index contributed by atoms with van der Waals surface area (Å²) in [6, 6.07) is 0. The van der Waals surface area contributed by atoms with Gasteiger partial charge >= 0.3 is 11.9 Å². The van der Waals surface area contributed by atoms with E-state index in [4.69, 9.17) is 9.84 Å². The fourth-order valence-corrected chi connectivity index (χ4v) is 3.48. The van der Waals surface area contributed by atoms with Crippen molar-refractivity contribution in [2.75, 3.05) is 0 Å². The van der Waals surface area contributed by atoms with Crippen LogP contribution in [0.3, 0.4) is 0 Å². The zero-order valence-corrected chi connectivity index (χ0v) is 18.8. The lowest BCUT2D eigenvalue weighted by atomic mass is 10.0. The molecule has 4 heteroatoms. The van der Waals surface area contributed by atoms with Crippen molar-refractivity contribution in [1.82, 2.24) is 0 Å². The molecular formula is C24H46O4. The molecule has 0 aromatic heterocycles. The summed E-state index contributed by atoms with van der Waals surface area (Å²) >= 11 is 0. The third kappa shape index (κ3) is 19.7. The number of rotatable bonds is 20. The number of ether oxygens (including phenoxy) is 1. The van der Waals surface area contributed by atoms with Gasteiger partial charge in [-0.3, -0.25) is 9.59 Å². The average molecular weight is 399 g/mol. The van der Waals surface area contributed by atoms with Crippen molar-refractivity contribution < 1.29 is 19.4 Å². The molecule has 0 fully saturated rings. The van der Waals surface area contributed by atoms with E-state index in [2.05, 4.69) is 20.8 Å². The summed E-state index contributed by atoms with van der Waals surface area (Å²) in [4.78, 5) is 22.7. The van der Waals surface area contributed by atoms with Gasteiger partial charge in [-0.05, 0) is 44.4 Å². The first kappa shape index (κ1) is 26.9. The van der Waals surface area contributed by atoms with Crippen LogP contribution in [0.2, 0.25) is 0 Å². The normalized spacial score (nSPS) is 12.3. The topological polar surface area (TPSA) is 63.6 Å². The number of carbonyl (C=O) groups is 2. The molecule has 0 saturated heterocycles. The van der Waals surface area contributed by atoms with Crippen molar-refractivity contribution in [2.24, 2.45) is 5.92 Å². The average Bonchev–Trinajstić information content (AvgIpc) is 2.63. The Labute approximate surface area is 173 Å². The molecule has 0 spiro atoms. The zero-order chi connectivity index (χ0) is 21.0. The first-order chi connectivity index (χ1) is 13.5. The van der Waals surface area contributed by atoms with E-state index in [1.54, 1.807) is 0 Å². The Balaban J connectivity index is 4.08. The van der Waals surface area contributed by atoms with Crippen LogP contribution in [0.15, 0.2) is 0 Å². The molecule has 0 radical (unpaired) electrons. The summed E-state index contributed by atoms with van der Waals surface area (Å²) in [5.41, 5.74) is 0. The Kier molecular flexibility index (Phi) is 18.5. The Morgan fingerprint density at radius 2 is 1.21 bits per heavy atom. The maximum atomic E-state index is 12.1. The SMILES string of the molecule is CCCCCCCCCC(CCCCCC(C)C)OC(=O)CCCCC(=O)O. The molecule has 28 heavy (non-hydrogen) atoms. The van der Waals surface area contributed by atoms with Gasteiger partial charge in [0.05, 0.1) is 0 Å². The first-order valence-corrected chi connectivity index (χ1v) is 11.9. The summed E-state index contributed by atoms with van der Waals surface area (Å²) in [7, 11) is 0. The van der Waals surface area contributed by atoms with E-state index in [0.717, 1.165) is 31.6 Å². The van der Waals surface area contributed by atoms with E-state index < -0.39 is 5.97 Å². The molecule has 0 heterocycles. The van der Waals surface area contributed by atoms with E-state index in [-0.39, 0.29) is 18.5 Å². The van der Waals surface area contributed by atoms with E-state index >= 15 is 0 Å². The van der Waals surface area contributed by atoms with Crippen LogP contribution in [0.4, 0.5) is 0 Å². The van der Waals surface area contributed by atoms with Crippen LogP contribution in [-0.4, -0.2) is 23.1 Å². The van der Waals surface area contributed by atoms with Crippen molar-refractivity contribution in [2.45, 2.75) is 136 Å². The second kappa shape index (κ2) is 19.3. The number of hydrogen-bond donors (Lipinski definition) is 1. The molecule has 0 bridgehead atoms. The Bertz CT molecular complexity index is 379. The van der Waals surface area contributed by atoms with Crippen LogP contribution < -0.4 is 0 Å². The number of carboxylic acid groups (broad SMARTS) is 1. The molecule has 0 aliphatic heterocycles. The molecule has 4 nitrogen and oxygen atoms in total. The zero-order valence-electron chi connectivity index (χ0n) is 18.8. The van der Waals surface area contributed by atoms with Crippen LogP contribution in [-0.2, 0) is 14.3 Å². The quantitative estimate of drug-likeness (QED) is 0.173. The van der Waals surface area contributed by atoms with Gasteiger partial charge in [-0.2, -0.15) is 0 Å². The second-order valence-corrected chi connectivity index (χ2v) is 8.65. The van der Waals surface area contributed by atoms with Gasteiger partial charge in [0.2, 0.25) is 0 Å². The third-order valence-corrected chi connectivity index (χ3v) is 5.26. The van der Waals surface area contributed by atoms with Crippen LogP contribution >= 0.6 is 0 Å². The minimum absolute atomic E-state index is 0.0432. The van der Waals surface area contributed by atoms with Crippen molar-refractivity contribution in [3.63, 3.8) is 0 Å². The lowest BCUT2D eigenvalue weighted by Gasteiger charge is -2.18. The number of carbonyl (C=O) groups excluding carboxylic acids is 1. The van der Waals surface area contributed by atoms with Crippen LogP contribution in [0, 0.1) is 5.92 Å². The second-order valence-electron chi connectivity index (χ2n) is 8.65. The third-order valence-electron chi connectivity index (χ3n) is 5.26. The minimum atomic E-state index is -0.799. The fraction of sp³-hybridized carbons (Fsp3) is 0.917. The molecular weight excluding hydrogens is 352 g/mol. The predicted octanol–water partition coefficient (Wildman–Crippen LogP) is 7.29. The van der Waals surface area contributed by atoms with Crippen molar-refractivity contribution in [1.29, 1.82) is 0 Å². The number of carboxylic acids is 1. The predicted molar refractivity (Wildman–Crippen MR) is 117 cm³/mol. The monoisotopic (exact) mass is 398 g/mol. The summed E-state index contributed by atoms with van der Waals surface area (Å²) in [6.45, 7) is 6.76. The van der Waals surface area contributed by atoms with Gasteiger partial charge < -0.3 is 9.84 Å². The minimum Gasteiger partial charge on any atom is -0.481 e. The van der Waals surface area contributed by atoms with Crippen molar-refractivity contribution in [3.05, 3.63) is 0 Å². The highest BCUT2D eigenvalue weighted by atomic mass is 16.5. The molecule has 0 rings (SSSR count). The summed E-state index contributed by atoms with van der Waals surface area (Å²) in [5, 5.41) is 8.67. The number of hydrogen-bond acceptors (Lipinski definition) is 3. The number of aliphatic carboxylic acids is 1. The first-order valence-electron chi connectivity index (χ1n) is 11.9. The highest BCUT2D eigenvalue weighted by molar-refractivity contribution is 5.70. The standard InChI is InChI=1S/C24H46O4/c1-4-5-6-7-8-9-12-17-22(18-13-10-11-16-21(2)3)28-24(27)20-15-14-19-23(25)26/h21-22H,4-20H2,1-3H3,(H,25,26). The van der Waals surface area contributed by atoms with Gasteiger partial charge in [0.15, 0.2) is 0 Å². The summed E-state index contributed by atoms with van der Waals surface area (Å²) < 4.78 is 5.74. The molecule has 0 aromatic rings. The maximum absolute atomic E-state index is 12.1. The maximum Gasteiger partial charge on any atom is 0.306 e. The van der Waals surface area contributed by atoms with Crippen molar-refractivity contribution in [3.8, 4) is 0 Å². The van der Waals surface area contributed by atoms with Crippen molar-refractivity contribution >= 4 is 11.9 Å². The van der Waals surface area contributed by atoms with Gasteiger partial charge in [0, 0.05) is 12.8 Å². The molecule has 0 aromatic carbocycles. The Morgan fingerprint density at radius 3 is 1.79 bits per heavy atom. The van der Waals surface area contributed by atoms with Gasteiger partial charge in [-0.1, -0.05) is 78.6 Å². The van der Waals surface area contributed by atoms with E-state index in [1.807, 2.05) is 0 Å². The van der Waals surface area contributed by atoms with E-state index in [9.17, 15) is 9.59 Å². The highest BCUT2D eigenvalue weighted by Crippen LogP contribution is 2.18. The molecule has 0 amide bonds. The molecule has 1 atom stereocenters. The molecule has 166 valence electrons. The lowest BCUT2D eigenvalue weighted by molar-refractivity contribution is -0.150. The Morgan fingerprint density at radius 1 is 0.714 bits per heavy atom. The van der Waals surface area contributed by atoms with E-state index in [0.29, 0.717) is 19.3 Å². The van der Waals surface area contributed by atoms with Crippen LogP contribution in [0.5, 0.6) is 0 Å². The molecule has 0 aliphatic rings. The van der Waals surface area contributed by atoms with Gasteiger partial charge in [-0.15, -0.1) is 0 Å². The Hall–Kier alpha value is -1.06. The molecule has 0 aliphatic carbocycles. The highest BCUT2D eigenvalue weighted by Gasteiger charge is 2.14. The lowest BCUT2D eigenvalue weighted by Crippen LogP contribution is -2.18. The molecule has 1 unspecified atom stereocenters. The smallest absolute Gasteiger partial charge is 0.306 e.